The molecule has 5 nitrogen and oxygen atoms in total. The zero-order valence-corrected chi connectivity index (χ0v) is 14.6. The molecule has 1 aromatic heterocycles. The number of ether oxygens (including phenoxy) is 2. The van der Waals surface area contributed by atoms with E-state index in [0.29, 0.717) is 17.2 Å². The molecule has 2 heterocycles. The quantitative estimate of drug-likeness (QED) is 0.873. The van der Waals surface area contributed by atoms with Gasteiger partial charge in [-0.15, -0.1) is 11.3 Å². The standard InChI is InChI=1S/C18H22N2O3S/c1-19-18(21)17-15(23-10-7-14-5-3-2-4-6-14)13-16(24-17)20-8-11-22-12-9-20/h2-6,13H,7-12H2,1H3,(H,19,21). The second-order valence-corrected chi connectivity index (χ2v) is 6.57. The highest BCUT2D eigenvalue weighted by atomic mass is 32.1. The van der Waals surface area contributed by atoms with E-state index in [9.17, 15) is 4.79 Å². The lowest BCUT2D eigenvalue weighted by molar-refractivity contribution is 0.0963. The number of anilines is 1. The first-order chi connectivity index (χ1) is 11.8. The summed E-state index contributed by atoms with van der Waals surface area (Å²) in [6.07, 6.45) is 0.816. The Hall–Kier alpha value is -2.05. The van der Waals surface area contributed by atoms with Crippen LogP contribution in [0.2, 0.25) is 0 Å². The Kier molecular flexibility index (Phi) is 5.72. The highest BCUT2D eigenvalue weighted by Crippen LogP contribution is 2.36. The topological polar surface area (TPSA) is 50.8 Å². The third-order valence-corrected chi connectivity index (χ3v) is 5.11. The fraction of sp³-hybridized carbons (Fsp3) is 0.389. The minimum absolute atomic E-state index is 0.103. The van der Waals surface area contributed by atoms with Crippen molar-refractivity contribution in [3.8, 4) is 5.75 Å². The van der Waals surface area contributed by atoms with Crippen molar-refractivity contribution in [3.05, 3.63) is 46.8 Å². The van der Waals surface area contributed by atoms with Crippen LogP contribution in [0.4, 0.5) is 5.00 Å². The molecule has 1 saturated heterocycles. The van der Waals surface area contributed by atoms with Gasteiger partial charge in [-0.05, 0) is 5.56 Å². The van der Waals surface area contributed by atoms with E-state index in [2.05, 4.69) is 22.3 Å². The summed E-state index contributed by atoms with van der Waals surface area (Å²) >= 11 is 1.48. The first kappa shape index (κ1) is 16.8. The monoisotopic (exact) mass is 346 g/mol. The van der Waals surface area contributed by atoms with Crippen LogP contribution in [-0.2, 0) is 11.2 Å². The second-order valence-electron chi connectivity index (χ2n) is 5.54. The molecule has 0 unspecified atom stereocenters. The molecule has 0 radical (unpaired) electrons. The smallest absolute Gasteiger partial charge is 0.264 e. The van der Waals surface area contributed by atoms with E-state index >= 15 is 0 Å². The number of rotatable bonds is 6. The van der Waals surface area contributed by atoms with Crippen LogP contribution in [0.1, 0.15) is 15.2 Å². The number of amides is 1. The maximum atomic E-state index is 12.1. The van der Waals surface area contributed by atoms with Crippen LogP contribution in [0.5, 0.6) is 5.75 Å². The Bertz CT molecular complexity index is 666. The largest absolute Gasteiger partial charge is 0.491 e. The number of carbonyl (C=O) groups is 1. The Morgan fingerprint density at radius 3 is 2.75 bits per heavy atom. The molecule has 0 atom stereocenters. The Balaban J connectivity index is 1.70. The Morgan fingerprint density at radius 1 is 1.29 bits per heavy atom. The van der Waals surface area contributed by atoms with E-state index in [1.807, 2.05) is 24.3 Å². The molecule has 0 aliphatic carbocycles. The summed E-state index contributed by atoms with van der Waals surface area (Å²) in [4.78, 5) is 15.0. The minimum atomic E-state index is -0.103. The molecular weight excluding hydrogens is 324 g/mol. The third-order valence-electron chi connectivity index (χ3n) is 3.93. The number of carbonyl (C=O) groups excluding carboxylic acids is 1. The number of morpholine rings is 1. The van der Waals surface area contributed by atoms with E-state index in [4.69, 9.17) is 9.47 Å². The highest BCUT2D eigenvalue weighted by molar-refractivity contribution is 7.18. The molecule has 1 fully saturated rings. The van der Waals surface area contributed by atoms with Crippen LogP contribution in [0, 0.1) is 0 Å². The second kappa shape index (κ2) is 8.17. The number of hydrogen-bond acceptors (Lipinski definition) is 5. The lowest BCUT2D eigenvalue weighted by Crippen LogP contribution is -2.35. The van der Waals surface area contributed by atoms with Crippen molar-refractivity contribution >= 4 is 22.2 Å². The van der Waals surface area contributed by atoms with Crippen molar-refractivity contribution in [3.63, 3.8) is 0 Å². The van der Waals surface area contributed by atoms with E-state index in [-0.39, 0.29) is 5.91 Å². The van der Waals surface area contributed by atoms with Gasteiger partial charge in [0.2, 0.25) is 0 Å². The number of nitrogens with one attached hydrogen (secondary N) is 1. The molecule has 0 bridgehead atoms. The van der Waals surface area contributed by atoms with Gasteiger partial charge in [0.05, 0.1) is 24.8 Å². The summed E-state index contributed by atoms with van der Waals surface area (Å²) in [5.41, 5.74) is 1.22. The zero-order valence-electron chi connectivity index (χ0n) is 13.8. The maximum Gasteiger partial charge on any atom is 0.264 e. The first-order valence-corrected chi connectivity index (χ1v) is 8.95. The van der Waals surface area contributed by atoms with Crippen LogP contribution >= 0.6 is 11.3 Å². The van der Waals surface area contributed by atoms with Crippen LogP contribution in [0.3, 0.4) is 0 Å². The van der Waals surface area contributed by atoms with Crippen molar-refractivity contribution in [1.29, 1.82) is 0 Å². The molecule has 2 aromatic rings. The molecule has 1 amide bonds. The van der Waals surface area contributed by atoms with Crippen LogP contribution in [-0.4, -0.2) is 45.9 Å². The Labute approximate surface area is 146 Å². The zero-order chi connectivity index (χ0) is 16.8. The number of hydrogen-bond donors (Lipinski definition) is 1. The molecule has 0 spiro atoms. The van der Waals surface area contributed by atoms with Gasteiger partial charge in [0, 0.05) is 32.6 Å². The molecule has 3 rings (SSSR count). The van der Waals surface area contributed by atoms with Crippen molar-refractivity contribution in [2.24, 2.45) is 0 Å². The van der Waals surface area contributed by atoms with Gasteiger partial charge in [0.1, 0.15) is 10.6 Å². The lowest BCUT2D eigenvalue weighted by atomic mass is 10.2. The van der Waals surface area contributed by atoms with Gasteiger partial charge in [-0.1, -0.05) is 30.3 Å². The number of nitrogens with zero attached hydrogens (tertiary/aromatic N) is 1. The molecule has 1 aromatic carbocycles. The summed E-state index contributed by atoms with van der Waals surface area (Å²) in [6, 6.07) is 12.2. The molecule has 128 valence electrons. The van der Waals surface area contributed by atoms with E-state index in [1.165, 1.54) is 16.9 Å². The van der Waals surface area contributed by atoms with Crippen LogP contribution in [0.15, 0.2) is 36.4 Å². The predicted octanol–water partition coefficient (Wildman–Crippen LogP) is 2.57. The number of thiophene rings is 1. The first-order valence-electron chi connectivity index (χ1n) is 8.13. The van der Waals surface area contributed by atoms with Crippen LogP contribution in [0.25, 0.3) is 0 Å². The summed E-state index contributed by atoms with van der Waals surface area (Å²) in [5.74, 6) is 0.561. The van der Waals surface area contributed by atoms with Crippen molar-refractivity contribution in [2.75, 3.05) is 44.9 Å². The van der Waals surface area contributed by atoms with Crippen molar-refractivity contribution in [2.45, 2.75) is 6.42 Å². The molecule has 1 N–H and O–H groups in total. The average Bonchev–Trinajstić information content (AvgIpc) is 3.07. The van der Waals surface area contributed by atoms with E-state index < -0.39 is 0 Å². The average molecular weight is 346 g/mol. The van der Waals surface area contributed by atoms with E-state index in [0.717, 1.165) is 37.7 Å². The van der Waals surface area contributed by atoms with Crippen LogP contribution < -0.4 is 15.0 Å². The van der Waals surface area contributed by atoms with Crippen molar-refractivity contribution in [1.82, 2.24) is 5.32 Å². The normalized spacial score (nSPS) is 14.5. The molecular formula is C18H22N2O3S. The maximum absolute atomic E-state index is 12.1. The summed E-state index contributed by atoms with van der Waals surface area (Å²) < 4.78 is 11.3. The molecule has 1 aliphatic rings. The minimum Gasteiger partial charge on any atom is -0.491 e. The summed E-state index contributed by atoms with van der Waals surface area (Å²) in [5, 5.41) is 3.76. The molecule has 1 aliphatic heterocycles. The fourth-order valence-corrected chi connectivity index (χ4v) is 3.70. The van der Waals surface area contributed by atoms with Gasteiger partial charge < -0.3 is 19.7 Å². The van der Waals surface area contributed by atoms with Gasteiger partial charge in [-0.2, -0.15) is 0 Å². The Morgan fingerprint density at radius 2 is 2.04 bits per heavy atom. The van der Waals surface area contributed by atoms with Gasteiger partial charge in [-0.3, -0.25) is 4.79 Å². The molecule has 0 saturated carbocycles. The summed E-state index contributed by atoms with van der Waals surface area (Å²) in [7, 11) is 1.64. The molecule has 6 heteroatoms. The third kappa shape index (κ3) is 4.07. The highest BCUT2D eigenvalue weighted by Gasteiger charge is 2.21. The van der Waals surface area contributed by atoms with Gasteiger partial charge in [0.25, 0.3) is 5.91 Å². The SMILES string of the molecule is CNC(=O)c1sc(N2CCOCC2)cc1OCCc1ccccc1. The van der Waals surface area contributed by atoms with Gasteiger partial charge in [-0.25, -0.2) is 0 Å². The van der Waals surface area contributed by atoms with Gasteiger partial charge in [0.15, 0.2) is 0 Å². The van der Waals surface area contributed by atoms with Gasteiger partial charge >= 0.3 is 0 Å². The lowest BCUT2D eigenvalue weighted by Gasteiger charge is -2.27. The predicted molar refractivity (Wildman–Crippen MR) is 96.4 cm³/mol. The van der Waals surface area contributed by atoms with Crippen molar-refractivity contribution < 1.29 is 14.3 Å². The fourth-order valence-electron chi connectivity index (χ4n) is 2.60. The molecule has 24 heavy (non-hydrogen) atoms. The summed E-state index contributed by atoms with van der Waals surface area (Å²) in [6.45, 7) is 3.68. The number of benzene rings is 1. The van der Waals surface area contributed by atoms with E-state index in [1.54, 1.807) is 7.05 Å².